The number of pyridine rings is 1. The second-order valence-corrected chi connectivity index (χ2v) is 7.21. The molecule has 2 fully saturated rings. The van der Waals surface area contributed by atoms with Crippen LogP contribution in [-0.2, 0) is 13.1 Å². The van der Waals surface area contributed by atoms with Gasteiger partial charge in [0.1, 0.15) is 0 Å². The van der Waals surface area contributed by atoms with Crippen molar-refractivity contribution in [1.82, 2.24) is 9.47 Å². The van der Waals surface area contributed by atoms with Crippen molar-refractivity contribution in [2.75, 3.05) is 13.1 Å². The van der Waals surface area contributed by atoms with Crippen molar-refractivity contribution in [3.8, 4) is 0 Å². The van der Waals surface area contributed by atoms with Gasteiger partial charge in [0, 0.05) is 30.7 Å². The first-order valence-corrected chi connectivity index (χ1v) is 8.79. The van der Waals surface area contributed by atoms with Crippen LogP contribution in [0, 0.1) is 5.92 Å². The molecule has 2 aliphatic rings. The molecule has 122 valence electrons. The van der Waals surface area contributed by atoms with E-state index < -0.39 is 0 Å². The third-order valence-corrected chi connectivity index (χ3v) is 5.25. The summed E-state index contributed by atoms with van der Waals surface area (Å²) in [6.45, 7) is 3.90. The third-order valence-electron chi connectivity index (χ3n) is 5.25. The van der Waals surface area contributed by atoms with E-state index in [0.29, 0.717) is 12.0 Å². The quantitative estimate of drug-likeness (QED) is 0.943. The fraction of sp³-hybridized carbons (Fsp3) is 0.526. The van der Waals surface area contributed by atoms with E-state index in [2.05, 4.69) is 17.2 Å². The van der Waals surface area contributed by atoms with E-state index in [1.165, 1.54) is 18.4 Å². The highest BCUT2D eigenvalue weighted by atomic mass is 16.1. The van der Waals surface area contributed by atoms with Gasteiger partial charge in [0.25, 0.3) is 5.56 Å². The highest BCUT2D eigenvalue weighted by Crippen LogP contribution is 2.30. The van der Waals surface area contributed by atoms with Gasteiger partial charge in [-0.05, 0) is 61.7 Å². The Morgan fingerprint density at radius 2 is 1.74 bits per heavy atom. The van der Waals surface area contributed by atoms with Crippen LogP contribution in [0.2, 0.25) is 0 Å². The Labute approximate surface area is 136 Å². The van der Waals surface area contributed by atoms with E-state index in [0.717, 1.165) is 49.8 Å². The van der Waals surface area contributed by atoms with E-state index in [1.54, 1.807) is 0 Å². The molecule has 4 rings (SSSR count). The molecule has 2 aromatic rings. The maximum absolute atomic E-state index is 12.7. The van der Waals surface area contributed by atoms with Crippen LogP contribution in [0.25, 0.3) is 10.8 Å². The lowest BCUT2D eigenvalue weighted by Gasteiger charge is -2.30. The fourth-order valence-corrected chi connectivity index (χ4v) is 3.61. The van der Waals surface area contributed by atoms with Crippen LogP contribution in [0.15, 0.2) is 35.3 Å². The van der Waals surface area contributed by atoms with Gasteiger partial charge >= 0.3 is 0 Å². The number of fused-ring (bicyclic) bond motifs is 1. The molecule has 1 aromatic heterocycles. The van der Waals surface area contributed by atoms with Crippen LogP contribution in [0.5, 0.6) is 0 Å². The Balaban J connectivity index is 1.69. The second-order valence-electron chi connectivity index (χ2n) is 7.21. The van der Waals surface area contributed by atoms with E-state index in [9.17, 15) is 4.79 Å². The van der Waals surface area contributed by atoms with Crippen molar-refractivity contribution in [3.63, 3.8) is 0 Å². The number of likely N-dealkylation sites (tertiary alicyclic amines) is 1. The fourth-order valence-electron chi connectivity index (χ4n) is 3.61. The molecule has 0 spiro atoms. The molecule has 1 saturated carbocycles. The number of nitrogens with two attached hydrogens (primary N) is 1. The first kappa shape index (κ1) is 14.9. The molecule has 4 nitrogen and oxygen atoms in total. The van der Waals surface area contributed by atoms with E-state index >= 15 is 0 Å². The molecule has 0 unspecified atom stereocenters. The number of nitrogens with zero attached hydrogens (tertiary/aromatic N) is 2. The predicted molar refractivity (Wildman–Crippen MR) is 93.4 cm³/mol. The van der Waals surface area contributed by atoms with Gasteiger partial charge < -0.3 is 10.3 Å². The van der Waals surface area contributed by atoms with E-state index in [4.69, 9.17) is 5.73 Å². The van der Waals surface area contributed by atoms with Crippen molar-refractivity contribution in [1.29, 1.82) is 0 Å². The maximum Gasteiger partial charge on any atom is 0.258 e. The standard InChI is InChI=1S/C19H25N3O/c20-16-7-9-21(10-8-16)12-15-13-22(11-14-5-6-14)19(23)18-4-2-1-3-17(15)18/h1-4,13-14,16H,5-12,20H2. The SMILES string of the molecule is NC1CCN(Cc2cn(CC3CC3)c(=O)c3ccccc23)CC1. The van der Waals surface area contributed by atoms with Gasteiger partial charge in [0.2, 0.25) is 0 Å². The summed E-state index contributed by atoms with van der Waals surface area (Å²) in [5, 5.41) is 1.97. The molecular weight excluding hydrogens is 286 g/mol. The minimum absolute atomic E-state index is 0.164. The summed E-state index contributed by atoms with van der Waals surface area (Å²) in [7, 11) is 0. The topological polar surface area (TPSA) is 51.3 Å². The third kappa shape index (κ3) is 3.19. The van der Waals surface area contributed by atoms with Gasteiger partial charge in [-0.1, -0.05) is 18.2 Å². The van der Waals surface area contributed by atoms with Crippen LogP contribution in [0.3, 0.4) is 0 Å². The lowest BCUT2D eigenvalue weighted by Crippen LogP contribution is -2.39. The summed E-state index contributed by atoms with van der Waals surface area (Å²) in [6, 6.07) is 8.41. The summed E-state index contributed by atoms with van der Waals surface area (Å²) in [4.78, 5) is 15.2. The highest BCUT2D eigenvalue weighted by molar-refractivity contribution is 5.84. The maximum atomic E-state index is 12.7. The summed E-state index contributed by atoms with van der Waals surface area (Å²) >= 11 is 0. The van der Waals surface area contributed by atoms with Crippen molar-refractivity contribution in [3.05, 3.63) is 46.4 Å². The number of hydrogen-bond donors (Lipinski definition) is 1. The molecule has 1 aliphatic heterocycles. The van der Waals surface area contributed by atoms with Crippen molar-refractivity contribution < 1.29 is 0 Å². The zero-order valence-electron chi connectivity index (χ0n) is 13.6. The Bertz CT molecular complexity index is 755. The number of piperidine rings is 1. The molecule has 1 aliphatic carbocycles. The largest absolute Gasteiger partial charge is 0.328 e. The Morgan fingerprint density at radius 3 is 2.43 bits per heavy atom. The summed E-state index contributed by atoms with van der Waals surface area (Å²) in [5.74, 6) is 0.703. The molecule has 23 heavy (non-hydrogen) atoms. The van der Waals surface area contributed by atoms with Crippen molar-refractivity contribution in [2.45, 2.75) is 44.8 Å². The molecule has 1 saturated heterocycles. The van der Waals surface area contributed by atoms with Crippen molar-refractivity contribution in [2.24, 2.45) is 11.7 Å². The van der Waals surface area contributed by atoms with Crippen LogP contribution in [0.1, 0.15) is 31.2 Å². The normalized spacial score (nSPS) is 20.2. The molecular formula is C19H25N3O. The molecule has 0 atom stereocenters. The summed E-state index contributed by atoms with van der Waals surface area (Å²) in [5.41, 5.74) is 7.45. The van der Waals surface area contributed by atoms with Crippen LogP contribution >= 0.6 is 0 Å². The first-order chi connectivity index (χ1) is 11.2. The number of hydrogen-bond acceptors (Lipinski definition) is 3. The molecule has 2 heterocycles. The number of benzene rings is 1. The monoisotopic (exact) mass is 311 g/mol. The first-order valence-electron chi connectivity index (χ1n) is 8.79. The van der Waals surface area contributed by atoms with Gasteiger partial charge in [-0.2, -0.15) is 0 Å². The highest BCUT2D eigenvalue weighted by Gasteiger charge is 2.23. The number of rotatable bonds is 4. The molecule has 2 N–H and O–H groups in total. The van der Waals surface area contributed by atoms with E-state index in [1.807, 2.05) is 22.8 Å². The summed E-state index contributed by atoms with van der Waals surface area (Å²) in [6.07, 6.45) is 6.77. The minimum atomic E-state index is 0.164. The average Bonchev–Trinajstić information content (AvgIpc) is 3.38. The molecule has 0 radical (unpaired) electrons. The zero-order chi connectivity index (χ0) is 15.8. The molecule has 0 amide bonds. The van der Waals surface area contributed by atoms with Gasteiger partial charge in [-0.3, -0.25) is 9.69 Å². The lowest BCUT2D eigenvalue weighted by atomic mass is 10.0. The molecule has 0 bridgehead atoms. The molecule has 4 heteroatoms. The van der Waals surface area contributed by atoms with Crippen LogP contribution in [0.4, 0.5) is 0 Å². The van der Waals surface area contributed by atoms with Gasteiger partial charge in [0.15, 0.2) is 0 Å². The average molecular weight is 311 g/mol. The van der Waals surface area contributed by atoms with Gasteiger partial charge in [-0.25, -0.2) is 0 Å². The Morgan fingerprint density at radius 1 is 1.04 bits per heavy atom. The van der Waals surface area contributed by atoms with Gasteiger partial charge in [0.05, 0.1) is 0 Å². The minimum Gasteiger partial charge on any atom is -0.328 e. The van der Waals surface area contributed by atoms with Crippen LogP contribution in [-0.4, -0.2) is 28.6 Å². The van der Waals surface area contributed by atoms with Crippen molar-refractivity contribution >= 4 is 10.8 Å². The predicted octanol–water partition coefficient (Wildman–Crippen LogP) is 2.33. The molecule has 1 aromatic carbocycles. The second kappa shape index (κ2) is 6.10. The number of aromatic nitrogens is 1. The van der Waals surface area contributed by atoms with Gasteiger partial charge in [-0.15, -0.1) is 0 Å². The Hall–Kier alpha value is -1.65. The smallest absolute Gasteiger partial charge is 0.258 e. The van der Waals surface area contributed by atoms with Crippen LogP contribution < -0.4 is 11.3 Å². The van der Waals surface area contributed by atoms with E-state index in [-0.39, 0.29) is 5.56 Å². The summed E-state index contributed by atoms with van der Waals surface area (Å²) < 4.78 is 1.95. The zero-order valence-corrected chi connectivity index (χ0v) is 13.6. The lowest BCUT2D eigenvalue weighted by molar-refractivity contribution is 0.206. The Kier molecular flexibility index (Phi) is 3.95.